The van der Waals surface area contributed by atoms with Crippen LogP contribution in [0.25, 0.3) is 0 Å². The van der Waals surface area contributed by atoms with Crippen LogP contribution < -0.4 is 5.32 Å². The second-order valence-electron chi connectivity index (χ2n) is 8.57. The highest BCUT2D eigenvalue weighted by Crippen LogP contribution is 2.23. The second-order valence-corrected chi connectivity index (χ2v) is 10.2. The quantitative estimate of drug-likeness (QED) is 0.255. The van der Waals surface area contributed by atoms with Gasteiger partial charge in [-0.1, -0.05) is 60.7 Å². The molecule has 5 nitrogen and oxygen atoms in total. The number of nitrogens with zero attached hydrogens (tertiary/aromatic N) is 2. The molecule has 0 spiro atoms. The Bertz CT molecular complexity index is 1160. The summed E-state index contributed by atoms with van der Waals surface area (Å²) in [6, 6.07) is 27.4. The third-order valence-electron chi connectivity index (χ3n) is 6.08. The molecule has 1 aliphatic rings. The zero-order valence-corrected chi connectivity index (χ0v) is 22.4. The number of benzene rings is 3. The molecule has 3 aromatic rings. The van der Waals surface area contributed by atoms with E-state index >= 15 is 0 Å². The summed E-state index contributed by atoms with van der Waals surface area (Å²) in [5.41, 5.74) is 3.12. The fourth-order valence-corrected chi connectivity index (χ4v) is 5.01. The van der Waals surface area contributed by atoms with Crippen LogP contribution in [0.15, 0.2) is 84.9 Å². The van der Waals surface area contributed by atoms with Gasteiger partial charge in [0.25, 0.3) is 5.91 Å². The fraction of sp³-hybridized carbons (Fsp3) is 0.250. The van der Waals surface area contributed by atoms with E-state index in [0.29, 0.717) is 24.6 Å². The molecule has 1 heterocycles. The van der Waals surface area contributed by atoms with Crippen LogP contribution in [0.5, 0.6) is 0 Å². The van der Waals surface area contributed by atoms with Gasteiger partial charge in [-0.2, -0.15) is 0 Å². The maximum atomic E-state index is 13.4. The Kier molecular flexibility index (Phi) is 8.87. The van der Waals surface area contributed by atoms with Crippen molar-refractivity contribution in [3.8, 4) is 0 Å². The van der Waals surface area contributed by atoms with E-state index in [1.807, 2.05) is 77.7 Å². The van der Waals surface area contributed by atoms with Gasteiger partial charge in [-0.3, -0.25) is 14.5 Å². The van der Waals surface area contributed by atoms with Gasteiger partial charge in [-0.25, -0.2) is 0 Å². The molecule has 1 N–H and O–H groups in total. The standard InChI is InChI=1S/C28H28IN3O2S/c29-23-13-15-24(16-14-23)30-26(33)20-25-27(34)32(19-17-22-10-5-2-6-11-22)28(35)31(25)18-7-12-21-8-3-1-4-9-21/h1-6,8-11,13-16,25H,7,12,17-20H2,(H,30,33). The van der Waals surface area contributed by atoms with Crippen molar-refractivity contribution in [2.45, 2.75) is 31.7 Å². The topological polar surface area (TPSA) is 52.7 Å². The van der Waals surface area contributed by atoms with Crippen LogP contribution in [0.4, 0.5) is 5.69 Å². The number of hydrogen-bond acceptors (Lipinski definition) is 3. The van der Waals surface area contributed by atoms with Crippen molar-refractivity contribution in [2.75, 3.05) is 18.4 Å². The molecule has 3 aromatic carbocycles. The molecule has 1 aliphatic heterocycles. The zero-order chi connectivity index (χ0) is 24.6. The van der Waals surface area contributed by atoms with Crippen LogP contribution >= 0.6 is 34.8 Å². The van der Waals surface area contributed by atoms with E-state index in [0.717, 1.165) is 27.7 Å². The Hall–Kier alpha value is -2.78. The number of carbonyl (C=O) groups is 2. The summed E-state index contributed by atoms with van der Waals surface area (Å²) in [5.74, 6) is -0.284. The predicted octanol–water partition coefficient (Wildman–Crippen LogP) is 5.29. The van der Waals surface area contributed by atoms with E-state index in [4.69, 9.17) is 12.2 Å². The molecule has 7 heteroatoms. The summed E-state index contributed by atoms with van der Waals surface area (Å²) in [7, 11) is 0. The summed E-state index contributed by atoms with van der Waals surface area (Å²) in [4.78, 5) is 29.9. The Balaban J connectivity index is 1.44. The second kappa shape index (κ2) is 12.3. The smallest absolute Gasteiger partial charge is 0.252 e. The number of nitrogens with one attached hydrogen (secondary N) is 1. The molecule has 0 saturated carbocycles. The van der Waals surface area contributed by atoms with E-state index in [9.17, 15) is 9.59 Å². The van der Waals surface area contributed by atoms with Crippen LogP contribution in [0.3, 0.4) is 0 Å². The van der Waals surface area contributed by atoms with Gasteiger partial charge in [-0.05, 0) is 89.5 Å². The molecule has 0 aliphatic carbocycles. The minimum absolute atomic E-state index is 0.0676. The minimum Gasteiger partial charge on any atom is -0.336 e. The maximum absolute atomic E-state index is 13.4. The first-order chi connectivity index (χ1) is 17.0. The van der Waals surface area contributed by atoms with E-state index in [-0.39, 0.29) is 18.2 Å². The van der Waals surface area contributed by atoms with Gasteiger partial charge in [0.05, 0.1) is 6.42 Å². The number of amides is 2. The number of thiocarbonyl (C=S) groups is 1. The van der Waals surface area contributed by atoms with E-state index in [1.165, 1.54) is 5.56 Å². The number of carbonyl (C=O) groups excluding carboxylic acids is 2. The molecule has 1 atom stereocenters. The molecule has 1 saturated heterocycles. The highest BCUT2D eigenvalue weighted by atomic mass is 127. The molecule has 4 rings (SSSR count). The molecule has 1 fully saturated rings. The Morgan fingerprint density at radius 3 is 2.09 bits per heavy atom. The molecule has 0 aromatic heterocycles. The predicted molar refractivity (Wildman–Crippen MR) is 152 cm³/mol. The maximum Gasteiger partial charge on any atom is 0.252 e. The summed E-state index contributed by atoms with van der Waals surface area (Å²) in [5, 5.41) is 3.44. The fourth-order valence-electron chi connectivity index (χ4n) is 4.26. The van der Waals surface area contributed by atoms with Gasteiger partial charge < -0.3 is 10.2 Å². The van der Waals surface area contributed by atoms with Gasteiger partial charge >= 0.3 is 0 Å². The van der Waals surface area contributed by atoms with Crippen LogP contribution in [0, 0.1) is 3.57 Å². The monoisotopic (exact) mass is 597 g/mol. The lowest BCUT2D eigenvalue weighted by atomic mass is 10.1. The molecule has 0 radical (unpaired) electrons. The van der Waals surface area contributed by atoms with Crippen molar-refractivity contribution in [1.82, 2.24) is 9.80 Å². The van der Waals surface area contributed by atoms with Gasteiger partial charge in [0.15, 0.2) is 5.11 Å². The van der Waals surface area contributed by atoms with Crippen molar-refractivity contribution in [1.29, 1.82) is 0 Å². The normalized spacial score (nSPS) is 15.5. The van der Waals surface area contributed by atoms with Crippen LogP contribution in [-0.2, 0) is 22.4 Å². The average Bonchev–Trinajstić information content (AvgIpc) is 3.09. The van der Waals surface area contributed by atoms with Crippen LogP contribution in [0.1, 0.15) is 24.0 Å². The Morgan fingerprint density at radius 1 is 0.857 bits per heavy atom. The van der Waals surface area contributed by atoms with Crippen molar-refractivity contribution >= 4 is 57.4 Å². The first-order valence-corrected chi connectivity index (χ1v) is 13.3. The Morgan fingerprint density at radius 2 is 1.46 bits per heavy atom. The summed E-state index contributed by atoms with van der Waals surface area (Å²) in [6.07, 6.45) is 2.52. The highest BCUT2D eigenvalue weighted by Gasteiger charge is 2.42. The first kappa shape index (κ1) is 25.3. The summed E-state index contributed by atoms with van der Waals surface area (Å²) in [6.45, 7) is 1.13. The van der Waals surface area contributed by atoms with Crippen LogP contribution in [-0.4, -0.2) is 45.9 Å². The number of rotatable bonds is 10. The highest BCUT2D eigenvalue weighted by molar-refractivity contribution is 14.1. The van der Waals surface area contributed by atoms with Gasteiger partial charge in [-0.15, -0.1) is 0 Å². The minimum atomic E-state index is -0.585. The van der Waals surface area contributed by atoms with E-state index in [1.54, 1.807) is 4.90 Å². The lowest BCUT2D eigenvalue weighted by molar-refractivity contribution is -0.130. The lowest BCUT2D eigenvalue weighted by Gasteiger charge is -2.24. The lowest BCUT2D eigenvalue weighted by Crippen LogP contribution is -2.38. The van der Waals surface area contributed by atoms with Crippen LogP contribution in [0.2, 0.25) is 0 Å². The van der Waals surface area contributed by atoms with Gasteiger partial charge in [0, 0.05) is 22.3 Å². The number of hydrogen-bond donors (Lipinski definition) is 1. The van der Waals surface area contributed by atoms with Gasteiger partial charge in [0.2, 0.25) is 5.91 Å². The molecular weight excluding hydrogens is 569 g/mol. The first-order valence-electron chi connectivity index (χ1n) is 11.8. The molecule has 180 valence electrons. The van der Waals surface area contributed by atoms with Crippen molar-refractivity contribution in [3.63, 3.8) is 0 Å². The van der Waals surface area contributed by atoms with Gasteiger partial charge in [0.1, 0.15) is 6.04 Å². The zero-order valence-electron chi connectivity index (χ0n) is 19.4. The molecular formula is C28H28IN3O2S. The largest absolute Gasteiger partial charge is 0.336 e. The van der Waals surface area contributed by atoms with E-state index in [2.05, 4.69) is 40.0 Å². The molecule has 1 unspecified atom stereocenters. The van der Waals surface area contributed by atoms with E-state index < -0.39 is 6.04 Å². The van der Waals surface area contributed by atoms with Crippen molar-refractivity contribution in [2.24, 2.45) is 0 Å². The SMILES string of the molecule is O=C(CC1C(=O)N(CCc2ccccc2)C(=S)N1CCCc1ccccc1)Nc1ccc(I)cc1. The average molecular weight is 598 g/mol. The van der Waals surface area contributed by atoms with Crippen molar-refractivity contribution < 1.29 is 9.59 Å². The number of anilines is 1. The Labute approximate surface area is 225 Å². The molecule has 0 bridgehead atoms. The third kappa shape index (κ3) is 6.89. The summed E-state index contributed by atoms with van der Waals surface area (Å²) >= 11 is 7.98. The number of halogens is 1. The third-order valence-corrected chi connectivity index (χ3v) is 7.26. The van der Waals surface area contributed by atoms with Crippen molar-refractivity contribution in [3.05, 3.63) is 99.6 Å². The number of aryl methyl sites for hydroxylation is 1. The summed E-state index contributed by atoms with van der Waals surface area (Å²) < 4.78 is 1.09. The molecule has 35 heavy (non-hydrogen) atoms. The molecule has 2 amide bonds.